The van der Waals surface area contributed by atoms with Crippen LogP contribution in [0.5, 0.6) is 0 Å². The van der Waals surface area contributed by atoms with Crippen LogP contribution in [0.2, 0.25) is 5.02 Å². The number of rotatable bonds is 5. The Morgan fingerprint density at radius 2 is 1.80 bits per heavy atom. The molecule has 0 N–H and O–H groups in total. The van der Waals surface area contributed by atoms with Gasteiger partial charge in [0.05, 0.1) is 6.61 Å². The molecule has 0 heterocycles. The molecule has 0 saturated heterocycles. The van der Waals surface area contributed by atoms with Gasteiger partial charge < -0.3 is 4.74 Å². The van der Waals surface area contributed by atoms with Crippen molar-refractivity contribution < 1.29 is 14.3 Å². The molecule has 2 aromatic rings. The van der Waals surface area contributed by atoms with Gasteiger partial charge in [-0.15, -0.1) is 0 Å². The number of hydrogen-bond acceptors (Lipinski definition) is 3. The van der Waals surface area contributed by atoms with Crippen molar-refractivity contribution >= 4 is 34.1 Å². The zero-order chi connectivity index (χ0) is 14.5. The molecule has 0 unspecified atom stereocenters. The highest BCUT2D eigenvalue weighted by Crippen LogP contribution is 2.21. The maximum absolute atomic E-state index is 11.5. The molecule has 0 fully saturated rings. The Morgan fingerprint density at radius 1 is 1.10 bits per heavy atom. The van der Waals surface area contributed by atoms with E-state index in [0.29, 0.717) is 11.4 Å². The summed E-state index contributed by atoms with van der Waals surface area (Å²) in [6.45, 7) is 1.90. The number of esters is 1. The molecule has 2 rings (SSSR count). The summed E-state index contributed by atoms with van der Waals surface area (Å²) in [6, 6.07) is 11.6. The van der Waals surface area contributed by atoms with Gasteiger partial charge in [-0.2, -0.15) is 0 Å². The monoisotopic (exact) mass is 290 g/mol. The molecule has 20 heavy (non-hydrogen) atoms. The van der Waals surface area contributed by atoms with E-state index < -0.39 is 11.8 Å². The third kappa shape index (κ3) is 3.58. The highest BCUT2D eigenvalue weighted by Gasteiger charge is 2.14. The summed E-state index contributed by atoms with van der Waals surface area (Å²) in [7, 11) is 0. The Hall–Kier alpha value is -1.87. The quantitative estimate of drug-likeness (QED) is 0.625. The first-order valence-electron chi connectivity index (χ1n) is 6.48. The van der Waals surface area contributed by atoms with Crippen LogP contribution < -0.4 is 0 Å². The Bertz CT molecular complexity index is 649. The zero-order valence-corrected chi connectivity index (χ0v) is 11.9. The average Bonchev–Trinajstić information content (AvgIpc) is 2.44. The summed E-state index contributed by atoms with van der Waals surface area (Å²) in [6.07, 6.45) is 0.689. The second kappa shape index (κ2) is 6.53. The molecule has 4 heteroatoms. The average molecular weight is 291 g/mol. The number of carbonyl (C=O) groups is 2. The van der Waals surface area contributed by atoms with Crippen LogP contribution in [0.1, 0.15) is 18.9 Å². The van der Waals surface area contributed by atoms with Crippen molar-refractivity contribution in [2.45, 2.75) is 19.8 Å². The number of carbonyl (C=O) groups excluding carboxylic acids is 2. The molecular weight excluding hydrogens is 276 g/mol. The SMILES string of the molecule is CCOC(=O)C(=O)CCc1ccc2cc(Cl)ccc2c1. The van der Waals surface area contributed by atoms with Crippen LogP contribution in [-0.4, -0.2) is 18.4 Å². The molecule has 0 aromatic heterocycles. The number of ketones is 1. The van der Waals surface area contributed by atoms with Gasteiger partial charge in [0.2, 0.25) is 5.78 Å². The maximum atomic E-state index is 11.5. The molecule has 3 nitrogen and oxygen atoms in total. The maximum Gasteiger partial charge on any atom is 0.374 e. The van der Waals surface area contributed by atoms with Crippen LogP contribution in [0.25, 0.3) is 10.8 Å². The first kappa shape index (κ1) is 14.5. The molecular formula is C16H15ClO3. The van der Waals surface area contributed by atoms with Crippen LogP contribution in [0, 0.1) is 0 Å². The molecule has 0 aliphatic rings. The van der Waals surface area contributed by atoms with Crippen LogP contribution in [0.3, 0.4) is 0 Å². The van der Waals surface area contributed by atoms with Gasteiger partial charge in [-0.05, 0) is 41.8 Å². The lowest BCUT2D eigenvalue weighted by molar-refractivity contribution is -0.153. The van der Waals surface area contributed by atoms with Crippen LogP contribution in [-0.2, 0) is 20.7 Å². The highest BCUT2D eigenvalue weighted by molar-refractivity contribution is 6.33. The van der Waals surface area contributed by atoms with Crippen LogP contribution in [0.15, 0.2) is 36.4 Å². The van der Waals surface area contributed by atoms with Crippen molar-refractivity contribution in [2.24, 2.45) is 0 Å². The summed E-state index contributed by atoms with van der Waals surface area (Å²) in [5.74, 6) is -1.23. The molecule has 0 radical (unpaired) electrons. The van der Waals surface area contributed by atoms with Gasteiger partial charge in [-0.1, -0.05) is 35.9 Å². The van der Waals surface area contributed by atoms with Crippen molar-refractivity contribution in [1.29, 1.82) is 0 Å². The number of hydrogen-bond donors (Lipinski definition) is 0. The summed E-state index contributed by atoms with van der Waals surface area (Å²) in [5.41, 5.74) is 1.01. The van der Waals surface area contributed by atoms with E-state index in [-0.39, 0.29) is 13.0 Å². The predicted molar refractivity (Wildman–Crippen MR) is 78.9 cm³/mol. The molecule has 0 spiro atoms. The minimum atomic E-state index is -0.750. The summed E-state index contributed by atoms with van der Waals surface area (Å²) in [4.78, 5) is 22.8. The van der Waals surface area contributed by atoms with Gasteiger partial charge in [0.25, 0.3) is 0 Å². The van der Waals surface area contributed by atoms with Crippen LogP contribution >= 0.6 is 11.6 Å². The van der Waals surface area contributed by atoms with Gasteiger partial charge in [-0.3, -0.25) is 4.79 Å². The number of ether oxygens (including phenoxy) is 1. The van der Waals surface area contributed by atoms with Gasteiger partial charge in [0.15, 0.2) is 0 Å². The number of Topliss-reactive ketones (excluding diaryl/α,β-unsaturated/α-hetero) is 1. The second-order valence-electron chi connectivity index (χ2n) is 4.47. The van der Waals surface area contributed by atoms with E-state index in [2.05, 4.69) is 4.74 Å². The lowest BCUT2D eigenvalue weighted by Gasteiger charge is -2.04. The van der Waals surface area contributed by atoms with Gasteiger partial charge in [0, 0.05) is 11.4 Å². The lowest BCUT2D eigenvalue weighted by Crippen LogP contribution is -2.17. The van der Waals surface area contributed by atoms with Crippen LogP contribution in [0.4, 0.5) is 0 Å². The van der Waals surface area contributed by atoms with Crippen molar-refractivity contribution in [3.05, 3.63) is 47.0 Å². The van der Waals surface area contributed by atoms with E-state index in [1.807, 2.05) is 36.4 Å². The molecule has 0 saturated carbocycles. The molecule has 0 aliphatic carbocycles. The van der Waals surface area contributed by atoms with E-state index >= 15 is 0 Å². The standard InChI is InChI=1S/C16H15ClO3/c1-2-20-16(19)15(18)8-4-11-3-5-13-10-14(17)7-6-12(13)9-11/h3,5-7,9-10H,2,4,8H2,1H3. The first-order valence-corrected chi connectivity index (χ1v) is 6.86. The van der Waals surface area contributed by atoms with E-state index in [1.54, 1.807) is 6.92 Å². The van der Waals surface area contributed by atoms with Gasteiger partial charge in [0.1, 0.15) is 0 Å². The smallest absolute Gasteiger partial charge is 0.374 e. The van der Waals surface area contributed by atoms with Crippen molar-refractivity contribution in [3.8, 4) is 0 Å². The topological polar surface area (TPSA) is 43.4 Å². The van der Waals surface area contributed by atoms with E-state index in [1.165, 1.54) is 0 Å². The Morgan fingerprint density at radius 3 is 2.55 bits per heavy atom. The number of benzene rings is 2. The van der Waals surface area contributed by atoms with E-state index in [9.17, 15) is 9.59 Å². The fraction of sp³-hybridized carbons (Fsp3) is 0.250. The van der Waals surface area contributed by atoms with Gasteiger partial charge >= 0.3 is 5.97 Å². The van der Waals surface area contributed by atoms with Gasteiger partial charge in [-0.25, -0.2) is 4.79 Å². The highest BCUT2D eigenvalue weighted by atomic mass is 35.5. The fourth-order valence-corrected chi connectivity index (χ4v) is 2.17. The minimum absolute atomic E-state index is 0.165. The summed E-state index contributed by atoms with van der Waals surface area (Å²) >= 11 is 5.93. The number of fused-ring (bicyclic) bond motifs is 1. The predicted octanol–water partition coefficient (Wildman–Crippen LogP) is 3.56. The number of halogens is 1. The molecule has 104 valence electrons. The first-order chi connectivity index (χ1) is 9.60. The van der Waals surface area contributed by atoms with Crippen molar-refractivity contribution in [2.75, 3.05) is 6.61 Å². The van der Waals surface area contributed by atoms with E-state index in [4.69, 9.17) is 11.6 Å². The molecule has 0 amide bonds. The lowest BCUT2D eigenvalue weighted by atomic mass is 10.0. The molecule has 0 bridgehead atoms. The zero-order valence-electron chi connectivity index (χ0n) is 11.2. The number of aryl methyl sites for hydroxylation is 1. The molecule has 2 aromatic carbocycles. The fourth-order valence-electron chi connectivity index (χ4n) is 1.99. The molecule has 0 aliphatic heterocycles. The third-order valence-corrected chi connectivity index (χ3v) is 3.25. The Labute approximate surface area is 122 Å². The van der Waals surface area contributed by atoms with Crippen molar-refractivity contribution in [1.82, 2.24) is 0 Å². The minimum Gasteiger partial charge on any atom is -0.460 e. The second-order valence-corrected chi connectivity index (χ2v) is 4.91. The van der Waals surface area contributed by atoms with E-state index in [0.717, 1.165) is 16.3 Å². The normalized spacial score (nSPS) is 10.5. The Balaban J connectivity index is 2.05. The molecule has 0 atom stereocenters. The largest absolute Gasteiger partial charge is 0.460 e. The summed E-state index contributed by atoms with van der Waals surface area (Å²) in [5, 5.41) is 2.82. The van der Waals surface area contributed by atoms with Crippen molar-refractivity contribution in [3.63, 3.8) is 0 Å². The summed E-state index contributed by atoms with van der Waals surface area (Å²) < 4.78 is 4.67. The Kier molecular flexibility index (Phi) is 4.74. The third-order valence-electron chi connectivity index (χ3n) is 3.01.